The first-order valence-electron chi connectivity index (χ1n) is 9.25. The van der Waals surface area contributed by atoms with Crippen LogP contribution in [-0.2, 0) is 4.79 Å². The van der Waals surface area contributed by atoms with Gasteiger partial charge in [0, 0.05) is 6.20 Å². The maximum absolute atomic E-state index is 13.3. The van der Waals surface area contributed by atoms with Crippen molar-refractivity contribution in [1.82, 2.24) is 9.38 Å². The molecule has 0 aliphatic rings. The van der Waals surface area contributed by atoms with Gasteiger partial charge in [-0.3, -0.25) is 9.20 Å². The third-order valence-electron chi connectivity index (χ3n) is 4.58. The van der Waals surface area contributed by atoms with Crippen molar-refractivity contribution >= 4 is 28.9 Å². The van der Waals surface area contributed by atoms with Crippen LogP contribution in [0.5, 0.6) is 5.75 Å². The van der Waals surface area contributed by atoms with E-state index in [1.165, 1.54) is 11.8 Å². The molecule has 0 radical (unpaired) electrons. The van der Waals surface area contributed by atoms with E-state index in [2.05, 4.69) is 10.3 Å². The van der Waals surface area contributed by atoms with Crippen LogP contribution in [0, 0.1) is 6.92 Å². The molecule has 0 bridgehead atoms. The number of carbonyl (C=O) groups is 1. The van der Waals surface area contributed by atoms with E-state index >= 15 is 0 Å². The van der Waals surface area contributed by atoms with Gasteiger partial charge < -0.3 is 10.1 Å². The SMILES string of the molecule is COc1ccc(C)cc1NC(=O)C(Sc1ncc2ccccn12)c1ccccc1. The molecule has 0 spiro atoms. The number of fused-ring (bicyclic) bond motifs is 1. The minimum Gasteiger partial charge on any atom is -0.495 e. The first kappa shape index (κ1) is 19.1. The first-order chi connectivity index (χ1) is 14.2. The number of pyridine rings is 1. The molecular formula is C23H21N3O2S. The third kappa shape index (κ3) is 4.12. The van der Waals surface area contributed by atoms with E-state index in [1.54, 1.807) is 7.11 Å². The molecule has 2 heterocycles. The predicted molar refractivity (Wildman–Crippen MR) is 117 cm³/mol. The molecule has 0 saturated carbocycles. The van der Waals surface area contributed by atoms with Crippen LogP contribution < -0.4 is 10.1 Å². The van der Waals surface area contributed by atoms with Crippen molar-refractivity contribution < 1.29 is 9.53 Å². The van der Waals surface area contributed by atoms with Crippen molar-refractivity contribution in [3.05, 3.63) is 90.3 Å². The number of methoxy groups -OCH3 is 1. The van der Waals surface area contributed by atoms with Crippen molar-refractivity contribution in [2.75, 3.05) is 12.4 Å². The van der Waals surface area contributed by atoms with Crippen LogP contribution in [0.15, 0.2) is 84.3 Å². The molecule has 4 rings (SSSR count). The molecular weight excluding hydrogens is 382 g/mol. The van der Waals surface area contributed by atoms with Gasteiger partial charge >= 0.3 is 0 Å². The lowest BCUT2D eigenvalue weighted by molar-refractivity contribution is -0.115. The monoisotopic (exact) mass is 403 g/mol. The normalized spacial score (nSPS) is 11.9. The number of nitrogens with one attached hydrogen (secondary N) is 1. The molecule has 0 aliphatic carbocycles. The van der Waals surface area contributed by atoms with Crippen molar-refractivity contribution in [2.45, 2.75) is 17.3 Å². The van der Waals surface area contributed by atoms with Gasteiger partial charge in [0.15, 0.2) is 5.16 Å². The number of aryl methyl sites for hydroxylation is 1. The molecule has 1 amide bonds. The molecule has 0 saturated heterocycles. The Morgan fingerprint density at radius 1 is 1.10 bits per heavy atom. The summed E-state index contributed by atoms with van der Waals surface area (Å²) in [7, 11) is 1.60. The third-order valence-corrected chi connectivity index (χ3v) is 5.82. The summed E-state index contributed by atoms with van der Waals surface area (Å²) in [6.07, 6.45) is 3.76. The number of aromatic nitrogens is 2. The van der Waals surface area contributed by atoms with Crippen molar-refractivity contribution in [3.8, 4) is 5.75 Å². The summed E-state index contributed by atoms with van der Waals surface area (Å²) in [5, 5.41) is 3.34. The number of nitrogens with zero attached hydrogens (tertiary/aromatic N) is 2. The Morgan fingerprint density at radius 3 is 2.69 bits per heavy atom. The highest BCUT2D eigenvalue weighted by atomic mass is 32.2. The molecule has 1 N–H and O–H groups in total. The molecule has 1 unspecified atom stereocenters. The average Bonchev–Trinajstić information content (AvgIpc) is 3.16. The molecule has 6 heteroatoms. The molecule has 5 nitrogen and oxygen atoms in total. The van der Waals surface area contributed by atoms with E-state index in [1.807, 2.05) is 90.4 Å². The second-order valence-electron chi connectivity index (χ2n) is 6.64. The summed E-state index contributed by atoms with van der Waals surface area (Å²) in [6, 6.07) is 21.4. The fourth-order valence-corrected chi connectivity index (χ4v) is 4.19. The van der Waals surface area contributed by atoms with Crippen LogP contribution in [0.3, 0.4) is 0 Å². The standard InChI is InChI=1S/C23H21N3O2S/c1-16-11-12-20(28-2)19(14-16)25-22(27)21(17-8-4-3-5-9-17)29-23-24-15-18-10-6-7-13-26(18)23/h3-15,21H,1-2H3,(H,25,27). The van der Waals surface area contributed by atoms with Gasteiger partial charge in [-0.2, -0.15) is 0 Å². The molecule has 4 aromatic rings. The maximum atomic E-state index is 13.3. The van der Waals surface area contributed by atoms with Crippen LogP contribution in [0.4, 0.5) is 5.69 Å². The minimum absolute atomic E-state index is 0.127. The van der Waals surface area contributed by atoms with Gasteiger partial charge in [0.2, 0.25) is 5.91 Å². The minimum atomic E-state index is -0.466. The van der Waals surface area contributed by atoms with Gasteiger partial charge in [-0.25, -0.2) is 4.98 Å². The van der Waals surface area contributed by atoms with Crippen LogP contribution in [0.25, 0.3) is 5.52 Å². The van der Waals surface area contributed by atoms with Gasteiger partial charge in [0.1, 0.15) is 11.0 Å². The number of rotatable bonds is 6. The number of amides is 1. The lowest BCUT2D eigenvalue weighted by atomic mass is 10.1. The van der Waals surface area contributed by atoms with E-state index in [-0.39, 0.29) is 5.91 Å². The first-order valence-corrected chi connectivity index (χ1v) is 10.1. The Labute approximate surface area is 173 Å². The predicted octanol–water partition coefficient (Wildman–Crippen LogP) is 5.12. The summed E-state index contributed by atoms with van der Waals surface area (Å²) in [6.45, 7) is 1.98. The zero-order valence-electron chi connectivity index (χ0n) is 16.2. The quantitative estimate of drug-likeness (QED) is 0.454. The number of carbonyl (C=O) groups excluding carboxylic acids is 1. The Hall–Kier alpha value is -3.25. The van der Waals surface area contributed by atoms with Crippen molar-refractivity contribution in [1.29, 1.82) is 0 Å². The Kier molecular flexibility index (Phi) is 5.53. The zero-order chi connectivity index (χ0) is 20.2. The molecule has 0 fully saturated rings. The van der Waals surface area contributed by atoms with E-state index in [9.17, 15) is 4.79 Å². The number of imidazole rings is 1. The number of anilines is 1. The maximum Gasteiger partial charge on any atom is 0.242 e. The van der Waals surface area contributed by atoms with E-state index < -0.39 is 5.25 Å². The highest BCUT2D eigenvalue weighted by molar-refractivity contribution is 8.00. The van der Waals surface area contributed by atoms with Crippen LogP contribution >= 0.6 is 11.8 Å². The second kappa shape index (κ2) is 8.41. The Balaban J connectivity index is 1.68. The summed E-state index contributed by atoms with van der Waals surface area (Å²) in [5.74, 6) is 0.504. The van der Waals surface area contributed by atoms with E-state index in [4.69, 9.17) is 4.74 Å². The van der Waals surface area contributed by atoms with Gasteiger partial charge in [0.05, 0.1) is 24.5 Å². The summed E-state index contributed by atoms with van der Waals surface area (Å²) in [5.41, 5.74) is 3.60. The highest BCUT2D eigenvalue weighted by Crippen LogP contribution is 2.37. The number of thioether (sulfide) groups is 1. The second-order valence-corrected chi connectivity index (χ2v) is 7.71. The van der Waals surface area contributed by atoms with Crippen molar-refractivity contribution in [3.63, 3.8) is 0 Å². The Morgan fingerprint density at radius 2 is 1.90 bits per heavy atom. The summed E-state index contributed by atoms with van der Waals surface area (Å²) >= 11 is 1.42. The van der Waals surface area contributed by atoms with E-state index in [0.29, 0.717) is 11.4 Å². The number of benzene rings is 2. The summed E-state index contributed by atoms with van der Waals surface area (Å²) in [4.78, 5) is 17.8. The lowest BCUT2D eigenvalue weighted by Crippen LogP contribution is -2.19. The van der Waals surface area contributed by atoms with Gasteiger partial charge in [-0.1, -0.05) is 54.2 Å². The average molecular weight is 404 g/mol. The van der Waals surface area contributed by atoms with Gasteiger partial charge in [0.25, 0.3) is 0 Å². The largest absolute Gasteiger partial charge is 0.495 e. The fraction of sp³-hybridized carbons (Fsp3) is 0.130. The number of hydrogen-bond acceptors (Lipinski definition) is 4. The molecule has 0 aliphatic heterocycles. The zero-order valence-corrected chi connectivity index (χ0v) is 17.0. The van der Waals surface area contributed by atoms with Crippen molar-refractivity contribution in [2.24, 2.45) is 0 Å². The highest BCUT2D eigenvalue weighted by Gasteiger charge is 2.25. The van der Waals surface area contributed by atoms with Crippen LogP contribution in [0.2, 0.25) is 0 Å². The molecule has 1 atom stereocenters. The van der Waals surface area contributed by atoms with Gasteiger partial charge in [-0.05, 0) is 42.3 Å². The molecule has 29 heavy (non-hydrogen) atoms. The lowest BCUT2D eigenvalue weighted by Gasteiger charge is -2.18. The number of hydrogen-bond donors (Lipinski definition) is 1. The van der Waals surface area contributed by atoms with Crippen LogP contribution in [0.1, 0.15) is 16.4 Å². The Bertz CT molecular complexity index is 1140. The molecule has 2 aromatic heterocycles. The molecule has 2 aromatic carbocycles. The van der Waals surface area contributed by atoms with Crippen LogP contribution in [-0.4, -0.2) is 22.4 Å². The summed E-state index contributed by atoms with van der Waals surface area (Å²) < 4.78 is 7.40. The number of ether oxygens (including phenoxy) is 1. The van der Waals surface area contributed by atoms with Gasteiger partial charge in [-0.15, -0.1) is 0 Å². The van der Waals surface area contributed by atoms with E-state index in [0.717, 1.165) is 21.8 Å². The topological polar surface area (TPSA) is 55.6 Å². The fourth-order valence-electron chi connectivity index (χ4n) is 3.13. The molecule has 146 valence electrons. The smallest absolute Gasteiger partial charge is 0.242 e.